The molecule has 0 aliphatic rings. The Bertz CT molecular complexity index is 1130. The van der Waals surface area contributed by atoms with Crippen LogP contribution >= 0.6 is 0 Å². The Balaban J connectivity index is 0.000000644. The van der Waals surface area contributed by atoms with Gasteiger partial charge in [0.1, 0.15) is 0 Å². The maximum absolute atomic E-state index is 13.6. The fourth-order valence-corrected chi connectivity index (χ4v) is 8.28. The number of nitrogens with one attached hydrogen (secondary N) is 2. The summed E-state index contributed by atoms with van der Waals surface area (Å²) in [6.07, 6.45) is 1.46. The summed E-state index contributed by atoms with van der Waals surface area (Å²) >= 11 is 0. The van der Waals surface area contributed by atoms with Crippen molar-refractivity contribution >= 4 is 26.5 Å². The van der Waals surface area contributed by atoms with Crippen molar-refractivity contribution < 1.29 is 48.8 Å². The van der Waals surface area contributed by atoms with Crippen LogP contribution in [-0.2, 0) is 31.2 Å². The SMILES string of the molecule is COCCNC[Si](C)(C)c1ccc(F)[c-]c1F.COCCNC[Si](C)(C)c1ccc(F)[c-]c1F.[Ti+4].c1cc[cH-]c1.c1cc[cH-]c1. The number of hydrogen-bond donors (Lipinski definition) is 2. The summed E-state index contributed by atoms with van der Waals surface area (Å²) in [4.78, 5) is 0. The van der Waals surface area contributed by atoms with Crippen LogP contribution in [0.2, 0.25) is 26.2 Å². The van der Waals surface area contributed by atoms with Crippen molar-refractivity contribution in [1.82, 2.24) is 10.6 Å². The molecule has 0 aliphatic heterocycles. The molecule has 0 amide bonds. The van der Waals surface area contributed by atoms with Gasteiger partial charge in [-0.2, -0.15) is 48.5 Å². The Morgan fingerprint density at radius 1 is 0.622 bits per heavy atom. The summed E-state index contributed by atoms with van der Waals surface area (Å²) < 4.78 is 62.6. The zero-order valence-electron chi connectivity index (χ0n) is 27.2. The molecule has 0 bridgehead atoms. The molecule has 11 heteroatoms. The number of halogens is 4. The average Bonchev–Trinajstić information content (AvgIpc) is 3.74. The van der Waals surface area contributed by atoms with Gasteiger partial charge in [0.25, 0.3) is 0 Å². The summed E-state index contributed by atoms with van der Waals surface area (Å²) in [5.41, 5.74) is 0. The van der Waals surface area contributed by atoms with Crippen LogP contribution in [0.1, 0.15) is 0 Å². The molecule has 4 nitrogen and oxygen atoms in total. The average molecular weight is 695 g/mol. The second-order valence-electron chi connectivity index (χ2n) is 11.1. The van der Waals surface area contributed by atoms with E-state index in [0.29, 0.717) is 23.6 Å². The number of rotatable bonds is 12. The second-order valence-corrected chi connectivity index (χ2v) is 20.4. The zero-order valence-corrected chi connectivity index (χ0v) is 30.7. The smallest absolute Gasteiger partial charge is 0.383 e. The Morgan fingerprint density at radius 2 is 0.956 bits per heavy atom. The molecule has 45 heavy (non-hydrogen) atoms. The first-order valence-corrected chi connectivity index (χ1v) is 20.8. The molecule has 244 valence electrons. The van der Waals surface area contributed by atoms with Gasteiger partial charge < -0.3 is 20.1 Å². The Hall–Kier alpha value is -2.15. The number of methoxy groups -OCH3 is 2. The minimum atomic E-state index is -1.94. The predicted octanol–water partition coefficient (Wildman–Crippen LogP) is 5.72. The van der Waals surface area contributed by atoms with Crippen LogP contribution in [0, 0.1) is 35.4 Å². The van der Waals surface area contributed by atoms with E-state index in [-0.39, 0.29) is 21.7 Å². The van der Waals surface area contributed by atoms with Crippen molar-refractivity contribution in [3.63, 3.8) is 0 Å². The Labute approximate surface area is 284 Å². The molecular weight excluding hydrogens is 648 g/mol. The summed E-state index contributed by atoms with van der Waals surface area (Å²) in [6.45, 7) is 10.9. The van der Waals surface area contributed by atoms with Gasteiger partial charge in [-0.1, -0.05) is 26.2 Å². The third-order valence-electron chi connectivity index (χ3n) is 6.39. The molecule has 0 saturated heterocycles. The monoisotopic (exact) mass is 694 g/mol. The summed E-state index contributed by atoms with van der Waals surface area (Å²) in [7, 11) is -0.597. The molecule has 0 heterocycles. The van der Waals surface area contributed by atoms with Crippen LogP contribution in [0.4, 0.5) is 17.6 Å². The maximum Gasteiger partial charge on any atom is 4.00 e. The molecule has 0 saturated carbocycles. The van der Waals surface area contributed by atoms with Crippen LogP contribution in [0.25, 0.3) is 0 Å². The van der Waals surface area contributed by atoms with Crippen molar-refractivity contribution in [2.24, 2.45) is 0 Å². The van der Waals surface area contributed by atoms with Gasteiger partial charge in [-0.3, -0.25) is 0 Å². The minimum Gasteiger partial charge on any atom is -0.383 e. The van der Waals surface area contributed by atoms with Crippen LogP contribution in [-0.4, -0.2) is 69.0 Å². The van der Waals surface area contributed by atoms with Gasteiger partial charge in [-0.15, -0.1) is 34.6 Å². The van der Waals surface area contributed by atoms with Crippen molar-refractivity contribution in [3.05, 3.63) is 120 Å². The van der Waals surface area contributed by atoms with Crippen LogP contribution < -0.4 is 21.0 Å². The summed E-state index contributed by atoms with van der Waals surface area (Å²) in [6, 6.07) is 29.8. The fourth-order valence-electron chi connectivity index (χ4n) is 3.91. The minimum absolute atomic E-state index is 0. The van der Waals surface area contributed by atoms with Crippen molar-refractivity contribution in [1.29, 1.82) is 0 Å². The predicted molar refractivity (Wildman–Crippen MR) is 178 cm³/mol. The van der Waals surface area contributed by atoms with E-state index in [1.165, 1.54) is 24.3 Å². The first kappa shape index (κ1) is 42.8. The molecule has 0 radical (unpaired) electrons. The maximum atomic E-state index is 13.6. The molecule has 4 rings (SSSR count). The zero-order chi connectivity index (χ0) is 32.8. The quantitative estimate of drug-likeness (QED) is 0.0863. The van der Waals surface area contributed by atoms with Gasteiger partial charge in [0, 0.05) is 66.7 Å². The largest absolute Gasteiger partial charge is 4.00 e. The Morgan fingerprint density at radius 3 is 1.20 bits per heavy atom. The van der Waals surface area contributed by atoms with Crippen LogP contribution in [0.3, 0.4) is 0 Å². The van der Waals surface area contributed by atoms with E-state index in [1.54, 1.807) is 14.2 Å². The molecule has 2 N–H and O–H groups in total. The van der Waals surface area contributed by atoms with Gasteiger partial charge in [0.2, 0.25) is 0 Å². The summed E-state index contributed by atoms with van der Waals surface area (Å²) in [5.74, 6) is -2.42. The van der Waals surface area contributed by atoms with Gasteiger partial charge in [0.05, 0.1) is 13.2 Å². The molecule has 4 aromatic carbocycles. The van der Waals surface area contributed by atoms with Gasteiger partial charge in [-0.25, -0.2) is 41.8 Å². The third-order valence-corrected chi connectivity index (χ3v) is 12.3. The molecule has 0 unspecified atom stereocenters. The molecular formula is C34H46F4N2O2Si2Ti. The standard InChI is InChI=1S/2C12H18F2NOSi.2C5H5.Ti/c2*1-16-7-6-15-9-17(2,3)12-5-4-10(13)8-11(12)14;2*1-2-4-5-3-1;/h2*4-5,15H,6-7,9H2,1-3H3;2*1-5H;/q4*-1;+4. The normalized spacial score (nSPS) is 10.7. The van der Waals surface area contributed by atoms with E-state index in [0.717, 1.165) is 25.4 Å². The first-order valence-electron chi connectivity index (χ1n) is 14.4. The van der Waals surface area contributed by atoms with Crippen molar-refractivity contribution in [3.8, 4) is 0 Å². The number of benzene rings is 2. The van der Waals surface area contributed by atoms with E-state index >= 15 is 0 Å². The first-order chi connectivity index (χ1) is 20.9. The van der Waals surface area contributed by atoms with E-state index in [4.69, 9.17) is 9.47 Å². The fraction of sp³-hybridized carbons (Fsp3) is 0.353. The molecule has 0 spiro atoms. The van der Waals surface area contributed by atoms with Gasteiger partial charge >= 0.3 is 21.7 Å². The van der Waals surface area contributed by atoms with E-state index in [9.17, 15) is 17.6 Å². The van der Waals surface area contributed by atoms with Gasteiger partial charge in [0.15, 0.2) is 0 Å². The molecule has 4 aromatic rings. The topological polar surface area (TPSA) is 42.5 Å². The van der Waals surface area contributed by atoms with E-state index < -0.39 is 39.4 Å². The molecule has 0 aromatic heterocycles. The van der Waals surface area contributed by atoms with Gasteiger partial charge in [-0.05, 0) is 12.3 Å². The molecule has 0 aliphatic carbocycles. The molecule has 0 atom stereocenters. The van der Waals surface area contributed by atoms with Crippen LogP contribution in [0.5, 0.6) is 0 Å². The molecule has 0 fully saturated rings. The van der Waals surface area contributed by atoms with E-state index in [1.807, 2.05) is 86.9 Å². The number of ether oxygens (including phenoxy) is 2. The van der Waals surface area contributed by atoms with Crippen LogP contribution in [0.15, 0.2) is 84.9 Å². The second kappa shape index (κ2) is 24.1. The summed E-state index contributed by atoms with van der Waals surface area (Å²) in [5, 5.41) is 7.66. The third kappa shape index (κ3) is 18.6. The van der Waals surface area contributed by atoms with Crippen molar-refractivity contribution in [2.75, 3.05) is 52.9 Å². The Kier molecular flexibility index (Phi) is 22.9. The van der Waals surface area contributed by atoms with Crippen molar-refractivity contribution in [2.45, 2.75) is 26.2 Å². The van der Waals surface area contributed by atoms with E-state index in [2.05, 4.69) is 22.8 Å². The number of hydrogen-bond acceptors (Lipinski definition) is 4.